The van der Waals surface area contributed by atoms with Crippen LogP contribution in [0.1, 0.15) is 109 Å². The number of ether oxygens (including phenoxy) is 2. The Bertz CT molecular complexity index is 952. The maximum atomic E-state index is 12.1. The van der Waals surface area contributed by atoms with Gasteiger partial charge in [0.1, 0.15) is 12.7 Å². The molecule has 1 aromatic rings. The van der Waals surface area contributed by atoms with Crippen LogP contribution in [0.5, 0.6) is 0 Å². The largest absolute Gasteiger partial charge is 0.462 e. The predicted octanol–water partition coefficient (Wildman–Crippen LogP) is 7.50. The summed E-state index contributed by atoms with van der Waals surface area (Å²) in [4.78, 5) is 36.2. The first kappa shape index (κ1) is 33.1. The highest BCUT2D eigenvalue weighted by atomic mass is 16.6. The summed E-state index contributed by atoms with van der Waals surface area (Å²) in [7, 11) is 0. The summed E-state index contributed by atoms with van der Waals surface area (Å²) in [6, 6.07) is 10.2. The zero-order valence-corrected chi connectivity index (χ0v) is 24.5. The van der Waals surface area contributed by atoms with Crippen LogP contribution in [0.3, 0.4) is 0 Å². The van der Waals surface area contributed by atoms with Crippen molar-refractivity contribution in [2.45, 2.75) is 115 Å². The van der Waals surface area contributed by atoms with E-state index in [9.17, 15) is 14.4 Å². The van der Waals surface area contributed by atoms with Gasteiger partial charge in [0.25, 0.3) is 0 Å². The van der Waals surface area contributed by atoms with E-state index in [-0.39, 0.29) is 37.4 Å². The molecule has 1 unspecified atom stereocenters. The molecule has 0 saturated heterocycles. The minimum absolute atomic E-state index is 0.00416. The van der Waals surface area contributed by atoms with E-state index in [0.717, 1.165) is 38.5 Å². The van der Waals surface area contributed by atoms with Crippen molar-refractivity contribution in [1.82, 2.24) is 5.32 Å². The smallest absolute Gasteiger partial charge is 0.306 e. The number of allylic oxidation sites excluding steroid dienone is 6. The van der Waals surface area contributed by atoms with Gasteiger partial charge >= 0.3 is 11.9 Å². The summed E-state index contributed by atoms with van der Waals surface area (Å²) >= 11 is 0. The molecule has 6 heteroatoms. The molecule has 1 aliphatic carbocycles. The Labute approximate surface area is 241 Å². The zero-order chi connectivity index (χ0) is 28.8. The Morgan fingerprint density at radius 1 is 0.850 bits per heavy atom. The van der Waals surface area contributed by atoms with Crippen LogP contribution in [-0.4, -0.2) is 36.6 Å². The van der Waals surface area contributed by atoms with E-state index < -0.39 is 12.1 Å². The van der Waals surface area contributed by atoms with Gasteiger partial charge in [0.2, 0.25) is 5.91 Å². The summed E-state index contributed by atoms with van der Waals surface area (Å²) in [5.41, 5.74) is 1.23. The van der Waals surface area contributed by atoms with Crippen molar-refractivity contribution < 1.29 is 23.9 Å². The van der Waals surface area contributed by atoms with Crippen LogP contribution in [0.2, 0.25) is 0 Å². The number of hydrogen-bond donors (Lipinski definition) is 1. The van der Waals surface area contributed by atoms with E-state index in [0.29, 0.717) is 12.3 Å². The van der Waals surface area contributed by atoms with Crippen molar-refractivity contribution >= 4 is 17.8 Å². The van der Waals surface area contributed by atoms with Gasteiger partial charge < -0.3 is 14.8 Å². The van der Waals surface area contributed by atoms with Gasteiger partial charge in [0, 0.05) is 24.8 Å². The van der Waals surface area contributed by atoms with Crippen LogP contribution in [0, 0.1) is 0 Å². The van der Waals surface area contributed by atoms with Gasteiger partial charge in [-0.25, -0.2) is 0 Å². The average molecular weight is 552 g/mol. The second-order valence-corrected chi connectivity index (χ2v) is 10.5. The fourth-order valence-corrected chi connectivity index (χ4v) is 4.34. The molecule has 1 N–H and O–H groups in total. The number of nitrogens with one attached hydrogen (secondary N) is 1. The van der Waals surface area contributed by atoms with E-state index in [2.05, 4.69) is 60.8 Å². The Morgan fingerprint density at radius 2 is 1.50 bits per heavy atom. The first-order chi connectivity index (χ1) is 19.5. The van der Waals surface area contributed by atoms with E-state index >= 15 is 0 Å². The van der Waals surface area contributed by atoms with Gasteiger partial charge in [-0.1, -0.05) is 86.6 Å². The molecular weight excluding hydrogens is 502 g/mol. The van der Waals surface area contributed by atoms with Crippen molar-refractivity contribution in [1.29, 1.82) is 0 Å². The molecule has 0 spiro atoms. The van der Waals surface area contributed by atoms with Gasteiger partial charge in [0.15, 0.2) is 0 Å². The highest BCUT2D eigenvalue weighted by molar-refractivity contribution is 5.81. The van der Waals surface area contributed by atoms with Crippen LogP contribution in [0.15, 0.2) is 66.8 Å². The molecule has 6 nitrogen and oxygen atoms in total. The number of unbranched alkanes of at least 4 members (excludes halogenated alkanes) is 5. The third kappa shape index (κ3) is 16.1. The van der Waals surface area contributed by atoms with Crippen LogP contribution < -0.4 is 5.32 Å². The fraction of sp³-hybridized carbons (Fsp3) is 0.559. The van der Waals surface area contributed by atoms with E-state index in [1.807, 2.05) is 18.2 Å². The van der Waals surface area contributed by atoms with Crippen molar-refractivity contribution in [3.8, 4) is 0 Å². The average Bonchev–Trinajstić information content (AvgIpc) is 3.72. The second-order valence-electron chi connectivity index (χ2n) is 10.5. The molecule has 0 aliphatic heterocycles. The van der Waals surface area contributed by atoms with Crippen molar-refractivity contribution in [2.24, 2.45) is 0 Å². The van der Waals surface area contributed by atoms with Crippen LogP contribution in [0.25, 0.3) is 0 Å². The van der Waals surface area contributed by atoms with Crippen LogP contribution in [0.4, 0.5) is 0 Å². The SMILES string of the molecule is CCCCC/C=C\C/C=C\C/C=C\CCCCC(=O)OC(C)COC(=O)CCC(=O)N[C@@H]1C[C@H]1c1ccccc1. The van der Waals surface area contributed by atoms with Gasteiger partial charge in [0.05, 0.1) is 6.42 Å². The molecule has 1 aromatic carbocycles. The van der Waals surface area contributed by atoms with Gasteiger partial charge in [-0.05, 0) is 63.9 Å². The van der Waals surface area contributed by atoms with Crippen LogP contribution >= 0.6 is 0 Å². The lowest BCUT2D eigenvalue weighted by Crippen LogP contribution is -2.27. The lowest BCUT2D eigenvalue weighted by atomic mass is 10.1. The number of benzene rings is 1. The van der Waals surface area contributed by atoms with Crippen LogP contribution in [-0.2, 0) is 23.9 Å². The molecule has 1 fully saturated rings. The predicted molar refractivity (Wildman–Crippen MR) is 161 cm³/mol. The number of carbonyl (C=O) groups is 3. The molecule has 0 aromatic heterocycles. The molecule has 0 radical (unpaired) electrons. The molecular formula is C34H49NO5. The fourth-order valence-electron chi connectivity index (χ4n) is 4.34. The molecule has 220 valence electrons. The standard InChI is InChI=1S/C34H49NO5/c1-3-4-5-6-7-8-9-10-11-12-13-14-15-16-20-23-34(38)40-28(2)27-39-33(37)25-24-32(36)35-31-26-30(31)29-21-18-17-19-22-29/h7-8,10-11,13-14,17-19,21-22,28,30-31H,3-6,9,12,15-16,20,23-27H2,1-2H3,(H,35,36)/b8-7-,11-10-,14-13-/t28?,30-,31+/m0/s1. The monoisotopic (exact) mass is 551 g/mol. The molecule has 0 heterocycles. The minimum atomic E-state index is -0.513. The molecule has 1 amide bonds. The first-order valence-electron chi connectivity index (χ1n) is 15.1. The summed E-state index contributed by atoms with van der Waals surface area (Å²) in [5.74, 6) is -0.537. The lowest BCUT2D eigenvalue weighted by molar-refractivity contribution is -0.158. The summed E-state index contributed by atoms with van der Waals surface area (Å²) in [6.45, 7) is 3.92. The topological polar surface area (TPSA) is 81.7 Å². The Hall–Kier alpha value is -3.15. The number of hydrogen-bond acceptors (Lipinski definition) is 5. The Morgan fingerprint density at radius 3 is 2.17 bits per heavy atom. The summed E-state index contributed by atoms with van der Waals surface area (Å²) < 4.78 is 10.5. The highest BCUT2D eigenvalue weighted by Gasteiger charge is 2.39. The number of rotatable bonds is 21. The van der Waals surface area contributed by atoms with Gasteiger partial charge in [-0.2, -0.15) is 0 Å². The van der Waals surface area contributed by atoms with Gasteiger partial charge in [-0.15, -0.1) is 0 Å². The third-order valence-electron chi connectivity index (χ3n) is 6.75. The van der Waals surface area contributed by atoms with E-state index in [1.165, 1.54) is 31.2 Å². The molecule has 3 atom stereocenters. The molecule has 1 saturated carbocycles. The Balaban J connectivity index is 1.42. The van der Waals surface area contributed by atoms with Crippen molar-refractivity contribution in [3.63, 3.8) is 0 Å². The zero-order valence-electron chi connectivity index (χ0n) is 24.5. The second kappa shape index (κ2) is 20.7. The molecule has 0 bridgehead atoms. The molecule has 2 rings (SSSR count). The molecule has 1 aliphatic rings. The molecule has 40 heavy (non-hydrogen) atoms. The third-order valence-corrected chi connectivity index (χ3v) is 6.75. The Kier molecular flexibility index (Phi) is 17.1. The minimum Gasteiger partial charge on any atom is -0.462 e. The first-order valence-corrected chi connectivity index (χ1v) is 15.1. The summed E-state index contributed by atoms with van der Waals surface area (Å²) in [5, 5.41) is 2.98. The summed E-state index contributed by atoms with van der Waals surface area (Å²) in [6.07, 6.45) is 23.6. The maximum Gasteiger partial charge on any atom is 0.306 e. The quantitative estimate of drug-likeness (QED) is 0.0972. The van der Waals surface area contributed by atoms with Crippen molar-refractivity contribution in [3.05, 3.63) is 72.4 Å². The normalized spacial score (nSPS) is 17.4. The van der Waals surface area contributed by atoms with E-state index in [1.54, 1.807) is 6.92 Å². The maximum absolute atomic E-state index is 12.1. The lowest BCUT2D eigenvalue weighted by Gasteiger charge is -2.13. The highest BCUT2D eigenvalue weighted by Crippen LogP contribution is 2.40. The van der Waals surface area contributed by atoms with E-state index in [4.69, 9.17) is 9.47 Å². The number of carbonyl (C=O) groups excluding carboxylic acids is 3. The number of esters is 2. The van der Waals surface area contributed by atoms with Gasteiger partial charge in [-0.3, -0.25) is 14.4 Å². The van der Waals surface area contributed by atoms with Crippen molar-refractivity contribution in [2.75, 3.05) is 6.61 Å². The number of amides is 1.